The summed E-state index contributed by atoms with van der Waals surface area (Å²) in [5.41, 5.74) is 2.37. The molecule has 0 unspecified atom stereocenters. The van der Waals surface area contributed by atoms with Gasteiger partial charge in [0.2, 0.25) is 5.91 Å². The second-order valence-corrected chi connectivity index (χ2v) is 5.77. The molecule has 0 saturated carbocycles. The summed E-state index contributed by atoms with van der Waals surface area (Å²) in [6, 6.07) is -1.08. The van der Waals surface area contributed by atoms with Gasteiger partial charge >= 0.3 is 6.03 Å². The Bertz CT molecular complexity index is 366. The predicted octanol–water partition coefficient (Wildman–Crippen LogP) is 1.42. The molecule has 4 amide bonds. The highest BCUT2D eigenvalue weighted by Crippen LogP contribution is 2.13. The van der Waals surface area contributed by atoms with Crippen LogP contribution in [0, 0.1) is 11.8 Å². The van der Waals surface area contributed by atoms with Crippen LogP contribution in [0.4, 0.5) is 4.79 Å². The van der Waals surface area contributed by atoms with Crippen molar-refractivity contribution in [3.8, 4) is 0 Å². The quantitative estimate of drug-likeness (QED) is 0.716. The maximum atomic E-state index is 12.0. The minimum atomic E-state index is -0.548. The Labute approximate surface area is 113 Å². The van der Waals surface area contributed by atoms with Gasteiger partial charge in [0.15, 0.2) is 0 Å². The molecule has 0 aliphatic carbocycles. The first-order valence-corrected chi connectivity index (χ1v) is 6.75. The third kappa shape index (κ3) is 4.54. The number of carbonyl (C=O) groups is 3. The lowest BCUT2D eigenvalue weighted by atomic mass is 10.0. The van der Waals surface area contributed by atoms with Gasteiger partial charge in [-0.3, -0.25) is 15.0 Å². The molecule has 0 radical (unpaired) electrons. The highest BCUT2D eigenvalue weighted by atomic mass is 16.2. The number of hydrogen-bond donors (Lipinski definition) is 2. The molecule has 1 saturated heterocycles. The molecule has 6 heteroatoms. The topological polar surface area (TPSA) is 78.5 Å². The molecular weight excluding hydrogens is 246 g/mol. The summed E-state index contributed by atoms with van der Waals surface area (Å²) < 4.78 is 0. The van der Waals surface area contributed by atoms with E-state index >= 15 is 0 Å². The van der Waals surface area contributed by atoms with Crippen LogP contribution in [0.1, 0.15) is 47.0 Å². The molecule has 108 valence electrons. The number of carbonyl (C=O) groups excluding carboxylic acids is 3. The summed E-state index contributed by atoms with van der Waals surface area (Å²) in [6.45, 7) is 7.98. The predicted molar refractivity (Wildman–Crippen MR) is 70.8 cm³/mol. The van der Waals surface area contributed by atoms with Crippen molar-refractivity contribution in [3.63, 3.8) is 0 Å². The Morgan fingerprint density at radius 1 is 1.26 bits per heavy atom. The fourth-order valence-electron chi connectivity index (χ4n) is 1.87. The Morgan fingerprint density at radius 3 is 2.42 bits per heavy atom. The molecule has 2 N–H and O–H groups in total. The van der Waals surface area contributed by atoms with E-state index in [0.717, 1.165) is 11.4 Å². The van der Waals surface area contributed by atoms with E-state index in [2.05, 4.69) is 10.7 Å². The van der Waals surface area contributed by atoms with Crippen molar-refractivity contribution in [1.29, 1.82) is 0 Å². The van der Waals surface area contributed by atoms with Gasteiger partial charge < -0.3 is 5.32 Å². The lowest BCUT2D eigenvalue weighted by molar-refractivity contribution is -0.136. The molecule has 19 heavy (non-hydrogen) atoms. The first-order valence-electron chi connectivity index (χ1n) is 6.75. The van der Waals surface area contributed by atoms with Crippen LogP contribution >= 0.6 is 0 Å². The zero-order chi connectivity index (χ0) is 14.6. The molecule has 0 bridgehead atoms. The number of rotatable bonds is 6. The molecule has 1 fully saturated rings. The van der Waals surface area contributed by atoms with Gasteiger partial charge in [0, 0.05) is 6.42 Å². The minimum absolute atomic E-state index is 0.297. The number of amides is 4. The fraction of sp³-hybridized carbons (Fsp3) is 0.769. The third-order valence-corrected chi connectivity index (χ3v) is 2.91. The average Bonchev–Trinajstić information content (AvgIpc) is 2.53. The van der Waals surface area contributed by atoms with E-state index in [0.29, 0.717) is 24.7 Å². The Morgan fingerprint density at radius 2 is 1.89 bits per heavy atom. The van der Waals surface area contributed by atoms with Gasteiger partial charge in [0.25, 0.3) is 5.91 Å². The monoisotopic (exact) mass is 269 g/mol. The first kappa shape index (κ1) is 15.5. The molecular formula is C13H23N3O3. The zero-order valence-corrected chi connectivity index (χ0v) is 12.0. The maximum Gasteiger partial charge on any atom is 0.344 e. The van der Waals surface area contributed by atoms with Crippen LogP contribution < -0.4 is 10.7 Å². The van der Waals surface area contributed by atoms with E-state index in [1.807, 2.05) is 27.7 Å². The van der Waals surface area contributed by atoms with Gasteiger partial charge in [0.05, 0.1) is 0 Å². The zero-order valence-electron chi connectivity index (χ0n) is 12.0. The van der Waals surface area contributed by atoms with Gasteiger partial charge in [-0.05, 0) is 24.7 Å². The largest absolute Gasteiger partial charge is 0.344 e. The molecule has 0 aromatic rings. The van der Waals surface area contributed by atoms with Crippen LogP contribution in [0.25, 0.3) is 0 Å². The van der Waals surface area contributed by atoms with Gasteiger partial charge in [-0.2, -0.15) is 5.01 Å². The summed E-state index contributed by atoms with van der Waals surface area (Å²) in [5.74, 6) is 0.0207. The Kier molecular flexibility index (Phi) is 5.32. The van der Waals surface area contributed by atoms with Crippen LogP contribution in [0.2, 0.25) is 0 Å². The van der Waals surface area contributed by atoms with Crippen LogP contribution in [0.3, 0.4) is 0 Å². The second-order valence-electron chi connectivity index (χ2n) is 5.77. The number of hydrazine groups is 1. The Hall–Kier alpha value is -1.59. The van der Waals surface area contributed by atoms with Crippen LogP contribution in [0.5, 0.6) is 0 Å². The summed E-state index contributed by atoms with van der Waals surface area (Å²) >= 11 is 0. The average molecular weight is 269 g/mol. The number of nitrogens with one attached hydrogen (secondary N) is 2. The van der Waals surface area contributed by atoms with Crippen molar-refractivity contribution in [3.05, 3.63) is 0 Å². The highest BCUT2D eigenvalue weighted by molar-refractivity contribution is 6.05. The summed E-state index contributed by atoms with van der Waals surface area (Å²) in [5, 5.41) is 3.38. The lowest BCUT2D eigenvalue weighted by Crippen LogP contribution is -2.46. The van der Waals surface area contributed by atoms with Gasteiger partial charge in [0.1, 0.15) is 6.04 Å². The van der Waals surface area contributed by atoms with Crippen molar-refractivity contribution in [1.82, 2.24) is 15.8 Å². The smallest absolute Gasteiger partial charge is 0.324 e. The number of nitrogens with zero attached hydrogens (tertiary/aromatic N) is 1. The normalized spacial score (nSPS) is 19.3. The SMILES string of the molecule is CC(C)CCC(=O)NN1C(=O)N[C@@H](CC(C)C)C1=O. The second kappa shape index (κ2) is 6.54. The number of hydrogen-bond acceptors (Lipinski definition) is 3. The fourth-order valence-corrected chi connectivity index (χ4v) is 1.87. The molecule has 0 aromatic heterocycles. The summed E-state index contributed by atoms with van der Waals surface area (Å²) in [6.07, 6.45) is 1.61. The van der Waals surface area contributed by atoms with Crippen molar-refractivity contribution in [2.75, 3.05) is 0 Å². The Balaban J connectivity index is 2.52. The first-order chi connectivity index (χ1) is 8.81. The van der Waals surface area contributed by atoms with Crippen molar-refractivity contribution in [2.24, 2.45) is 11.8 Å². The summed E-state index contributed by atoms with van der Waals surface area (Å²) in [4.78, 5) is 35.2. The van der Waals surface area contributed by atoms with E-state index < -0.39 is 12.1 Å². The van der Waals surface area contributed by atoms with E-state index in [1.165, 1.54) is 0 Å². The van der Waals surface area contributed by atoms with Gasteiger partial charge in [-0.1, -0.05) is 27.7 Å². The molecule has 1 heterocycles. The molecule has 1 aliphatic rings. The van der Waals surface area contributed by atoms with E-state index in [1.54, 1.807) is 0 Å². The van der Waals surface area contributed by atoms with Crippen molar-refractivity contribution < 1.29 is 14.4 Å². The van der Waals surface area contributed by atoms with E-state index in [9.17, 15) is 14.4 Å². The van der Waals surface area contributed by atoms with Gasteiger partial charge in [-0.25, -0.2) is 4.79 Å². The minimum Gasteiger partial charge on any atom is -0.324 e. The van der Waals surface area contributed by atoms with Crippen molar-refractivity contribution >= 4 is 17.8 Å². The molecule has 0 aromatic carbocycles. The molecule has 1 atom stereocenters. The third-order valence-electron chi connectivity index (χ3n) is 2.91. The molecule has 1 rings (SSSR count). The van der Waals surface area contributed by atoms with Crippen molar-refractivity contribution in [2.45, 2.75) is 53.0 Å². The number of urea groups is 1. The maximum absolute atomic E-state index is 12.0. The van der Waals surface area contributed by atoms with Crippen LogP contribution in [-0.2, 0) is 9.59 Å². The van der Waals surface area contributed by atoms with Gasteiger partial charge in [-0.15, -0.1) is 0 Å². The summed E-state index contributed by atoms with van der Waals surface area (Å²) in [7, 11) is 0. The number of imide groups is 1. The van der Waals surface area contributed by atoms with E-state index in [4.69, 9.17) is 0 Å². The van der Waals surface area contributed by atoms with Crippen LogP contribution in [0.15, 0.2) is 0 Å². The molecule has 0 spiro atoms. The van der Waals surface area contributed by atoms with E-state index in [-0.39, 0.29) is 11.8 Å². The van der Waals surface area contributed by atoms with Crippen LogP contribution in [-0.4, -0.2) is 28.9 Å². The lowest BCUT2D eigenvalue weighted by Gasteiger charge is -2.15. The highest BCUT2D eigenvalue weighted by Gasteiger charge is 2.39. The standard InChI is InChI=1S/C13H23N3O3/c1-8(2)5-6-11(17)15-16-12(18)10(7-9(3)4)14-13(16)19/h8-10H,5-7H2,1-4H3,(H,14,19)(H,15,17)/t10-/m0/s1. The molecule has 6 nitrogen and oxygen atoms in total. The molecule has 1 aliphatic heterocycles.